The van der Waals surface area contributed by atoms with Gasteiger partial charge in [-0.25, -0.2) is 0 Å². The van der Waals surface area contributed by atoms with E-state index in [-0.39, 0.29) is 18.9 Å². The monoisotopic (exact) mass is 261 g/mol. The van der Waals surface area contributed by atoms with Crippen LogP contribution in [0.25, 0.3) is 0 Å². The molecule has 18 heavy (non-hydrogen) atoms. The van der Waals surface area contributed by atoms with Crippen LogP contribution in [0.3, 0.4) is 0 Å². The largest absolute Gasteiger partial charge is 0.416 e. The predicted octanol–water partition coefficient (Wildman–Crippen LogP) is 1.75. The van der Waals surface area contributed by atoms with E-state index in [1.54, 1.807) is 0 Å². The van der Waals surface area contributed by atoms with Gasteiger partial charge in [0.2, 0.25) is 5.91 Å². The summed E-state index contributed by atoms with van der Waals surface area (Å²) in [5, 5.41) is 11.0. The van der Waals surface area contributed by atoms with Crippen LogP contribution >= 0.6 is 0 Å². The zero-order valence-corrected chi connectivity index (χ0v) is 9.63. The highest BCUT2D eigenvalue weighted by atomic mass is 19.4. The van der Waals surface area contributed by atoms with Crippen molar-refractivity contribution in [2.75, 3.05) is 13.2 Å². The minimum Gasteiger partial charge on any atom is -0.396 e. The maximum Gasteiger partial charge on any atom is 0.416 e. The number of hydrogen-bond donors (Lipinski definition) is 2. The van der Waals surface area contributed by atoms with Crippen molar-refractivity contribution in [2.24, 2.45) is 0 Å². The van der Waals surface area contributed by atoms with Gasteiger partial charge in [0.1, 0.15) is 0 Å². The number of benzene rings is 1. The number of carbonyl (C=O) groups excluding carboxylic acids is 1. The fraction of sp³-hybridized carbons (Fsp3) is 0.417. The summed E-state index contributed by atoms with van der Waals surface area (Å²) in [6.07, 6.45) is -4.08. The van der Waals surface area contributed by atoms with Crippen LogP contribution in [0.4, 0.5) is 13.2 Å². The van der Waals surface area contributed by atoms with Gasteiger partial charge in [0.05, 0.1) is 12.0 Å². The van der Waals surface area contributed by atoms with Gasteiger partial charge in [0.25, 0.3) is 0 Å². The Bertz CT molecular complexity index is 405. The first-order chi connectivity index (χ1) is 8.43. The lowest BCUT2D eigenvalue weighted by molar-refractivity contribution is -0.137. The Hall–Kier alpha value is -1.56. The van der Waals surface area contributed by atoms with Gasteiger partial charge in [-0.15, -0.1) is 0 Å². The Labute approximate surface area is 103 Å². The molecule has 0 unspecified atom stereocenters. The second-order valence-corrected chi connectivity index (χ2v) is 3.80. The van der Waals surface area contributed by atoms with Crippen molar-refractivity contribution in [3.8, 4) is 0 Å². The first-order valence-electron chi connectivity index (χ1n) is 5.47. The van der Waals surface area contributed by atoms with Crippen LogP contribution < -0.4 is 5.32 Å². The molecule has 0 radical (unpaired) electrons. The Balaban J connectivity index is 2.60. The summed E-state index contributed by atoms with van der Waals surface area (Å²) in [7, 11) is 0. The molecule has 1 aromatic carbocycles. The third kappa shape index (κ3) is 4.75. The number of nitrogens with one attached hydrogen (secondary N) is 1. The van der Waals surface area contributed by atoms with E-state index in [1.807, 2.05) is 0 Å². The molecular formula is C12H14F3NO2. The van der Waals surface area contributed by atoms with Gasteiger partial charge in [0.15, 0.2) is 0 Å². The first-order valence-corrected chi connectivity index (χ1v) is 5.47. The highest BCUT2D eigenvalue weighted by Crippen LogP contribution is 2.29. The summed E-state index contributed by atoms with van der Waals surface area (Å²) in [4.78, 5) is 11.4. The van der Waals surface area contributed by atoms with Crippen molar-refractivity contribution >= 4 is 5.91 Å². The quantitative estimate of drug-likeness (QED) is 0.793. The minimum atomic E-state index is -4.40. The van der Waals surface area contributed by atoms with Crippen molar-refractivity contribution < 1.29 is 23.1 Å². The molecule has 0 saturated heterocycles. The van der Waals surface area contributed by atoms with Gasteiger partial charge in [-0.3, -0.25) is 4.79 Å². The standard InChI is InChI=1S/C12H14F3NO2/c13-12(14,15)10-4-1-3-9(7-10)8-11(18)16-5-2-6-17/h1,3-4,7,17H,2,5-6,8H2,(H,16,18). The summed E-state index contributed by atoms with van der Waals surface area (Å²) in [5.74, 6) is -0.359. The Kier molecular flexibility index (Phi) is 5.15. The first kappa shape index (κ1) is 14.5. The van der Waals surface area contributed by atoms with E-state index in [1.165, 1.54) is 12.1 Å². The molecule has 0 saturated carbocycles. The van der Waals surface area contributed by atoms with E-state index in [2.05, 4.69) is 5.32 Å². The molecule has 3 nitrogen and oxygen atoms in total. The van der Waals surface area contributed by atoms with Crippen molar-refractivity contribution in [3.05, 3.63) is 35.4 Å². The molecule has 0 aliphatic heterocycles. The molecule has 100 valence electrons. The van der Waals surface area contributed by atoms with Gasteiger partial charge in [-0.05, 0) is 18.1 Å². The van der Waals surface area contributed by atoms with Crippen molar-refractivity contribution in [1.82, 2.24) is 5.32 Å². The third-order valence-corrected chi connectivity index (χ3v) is 2.28. The molecule has 0 spiro atoms. The van der Waals surface area contributed by atoms with E-state index in [9.17, 15) is 18.0 Å². The Morgan fingerprint density at radius 2 is 2.06 bits per heavy atom. The van der Waals surface area contributed by atoms with Crippen molar-refractivity contribution in [3.63, 3.8) is 0 Å². The van der Waals surface area contributed by atoms with Gasteiger partial charge >= 0.3 is 6.18 Å². The molecule has 0 fully saturated rings. The number of rotatable bonds is 5. The molecule has 6 heteroatoms. The van der Waals surface area contributed by atoms with Crippen LogP contribution in [0.15, 0.2) is 24.3 Å². The van der Waals surface area contributed by atoms with Crippen molar-refractivity contribution in [1.29, 1.82) is 0 Å². The summed E-state index contributed by atoms with van der Waals surface area (Å²) < 4.78 is 37.3. The Morgan fingerprint density at radius 1 is 1.33 bits per heavy atom. The normalized spacial score (nSPS) is 11.3. The molecule has 0 bridgehead atoms. The molecule has 1 rings (SSSR count). The summed E-state index contributed by atoms with van der Waals surface area (Å²) in [5.41, 5.74) is -0.450. The van der Waals surface area contributed by atoms with Gasteiger partial charge in [-0.1, -0.05) is 18.2 Å². The number of carbonyl (C=O) groups is 1. The lowest BCUT2D eigenvalue weighted by Crippen LogP contribution is -2.26. The van der Waals surface area contributed by atoms with E-state index >= 15 is 0 Å². The number of halogens is 3. The molecule has 0 atom stereocenters. The van der Waals surface area contributed by atoms with Crippen molar-refractivity contribution in [2.45, 2.75) is 19.0 Å². The smallest absolute Gasteiger partial charge is 0.396 e. The molecule has 0 heterocycles. The van der Waals surface area contributed by atoms with Gasteiger partial charge in [-0.2, -0.15) is 13.2 Å². The van der Waals surface area contributed by atoms with E-state index in [0.717, 1.165) is 12.1 Å². The van der Waals surface area contributed by atoms with Crippen LogP contribution in [0.5, 0.6) is 0 Å². The molecule has 2 N–H and O–H groups in total. The number of alkyl halides is 3. The highest BCUT2D eigenvalue weighted by molar-refractivity contribution is 5.78. The fourth-order valence-electron chi connectivity index (χ4n) is 1.41. The van der Waals surface area contributed by atoms with E-state index in [0.29, 0.717) is 18.5 Å². The second-order valence-electron chi connectivity index (χ2n) is 3.80. The zero-order valence-electron chi connectivity index (χ0n) is 9.63. The maximum absolute atomic E-state index is 12.4. The lowest BCUT2D eigenvalue weighted by Gasteiger charge is -2.09. The van der Waals surface area contributed by atoms with E-state index < -0.39 is 11.7 Å². The molecule has 0 aromatic heterocycles. The number of amides is 1. The topological polar surface area (TPSA) is 49.3 Å². The van der Waals surface area contributed by atoms with Crippen LogP contribution in [0, 0.1) is 0 Å². The van der Waals surface area contributed by atoms with Crippen LogP contribution in [0.2, 0.25) is 0 Å². The summed E-state index contributed by atoms with van der Waals surface area (Å²) >= 11 is 0. The third-order valence-electron chi connectivity index (χ3n) is 2.28. The van der Waals surface area contributed by atoms with Crippen LogP contribution in [0.1, 0.15) is 17.5 Å². The maximum atomic E-state index is 12.4. The van der Waals surface area contributed by atoms with Gasteiger partial charge in [0, 0.05) is 13.2 Å². The second kappa shape index (κ2) is 6.39. The van der Waals surface area contributed by atoms with Gasteiger partial charge < -0.3 is 10.4 Å². The average Bonchev–Trinajstić information content (AvgIpc) is 2.28. The molecule has 1 amide bonds. The number of aliphatic hydroxyl groups excluding tert-OH is 1. The fourth-order valence-corrected chi connectivity index (χ4v) is 1.41. The molecular weight excluding hydrogens is 247 g/mol. The van der Waals surface area contributed by atoms with E-state index in [4.69, 9.17) is 5.11 Å². The average molecular weight is 261 g/mol. The highest BCUT2D eigenvalue weighted by Gasteiger charge is 2.30. The number of hydrogen-bond acceptors (Lipinski definition) is 2. The molecule has 0 aliphatic rings. The number of aliphatic hydroxyl groups is 1. The minimum absolute atomic E-state index is 0.0379. The molecule has 1 aromatic rings. The lowest BCUT2D eigenvalue weighted by atomic mass is 10.1. The summed E-state index contributed by atoms with van der Waals surface area (Å²) in [6, 6.07) is 4.68. The van der Waals surface area contributed by atoms with Crippen LogP contribution in [-0.4, -0.2) is 24.2 Å². The Morgan fingerprint density at radius 3 is 2.67 bits per heavy atom. The molecule has 0 aliphatic carbocycles. The zero-order chi connectivity index (χ0) is 13.6. The predicted molar refractivity (Wildman–Crippen MR) is 59.9 cm³/mol. The SMILES string of the molecule is O=C(Cc1cccc(C(F)(F)F)c1)NCCCO. The summed E-state index contributed by atoms with van der Waals surface area (Å²) in [6.45, 7) is 0.276. The van der Waals surface area contributed by atoms with Crippen LogP contribution in [-0.2, 0) is 17.4 Å².